The van der Waals surface area contributed by atoms with Crippen LogP contribution in [0.15, 0.2) is 54.9 Å². The topological polar surface area (TPSA) is 57.4 Å². The van der Waals surface area contributed by atoms with Crippen LogP contribution in [0.25, 0.3) is 33.3 Å². The van der Waals surface area contributed by atoms with Gasteiger partial charge in [0.05, 0.1) is 23.0 Å². The standard InChI is InChI=1S/C17H11F3N4/c18-17(19,20)12-7-13(14-9-22-24-16(14)8-12)10-1-3-11(4-2-10)15-5-6-21-23-15/h1-9H,(H,21,23)(H,22,24). The molecule has 7 heteroatoms. The zero-order chi connectivity index (χ0) is 16.7. The second-order valence-corrected chi connectivity index (χ2v) is 5.40. The number of fused-ring (bicyclic) bond motifs is 1. The van der Waals surface area contributed by atoms with Crippen LogP contribution < -0.4 is 0 Å². The first-order valence-corrected chi connectivity index (χ1v) is 7.17. The highest BCUT2D eigenvalue weighted by molar-refractivity contribution is 5.95. The highest BCUT2D eigenvalue weighted by Crippen LogP contribution is 2.37. The predicted molar refractivity (Wildman–Crippen MR) is 84.1 cm³/mol. The van der Waals surface area contributed by atoms with E-state index < -0.39 is 11.7 Å². The van der Waals surface area contributed by atoms with Crippen molar-refractivity contribution in [2.75, 3.05) is 0 Å². The van der Waals surface area contributed by atoms with Gasteiger partial charge in [0.15, 0.2) is 0 Å². The lowest BCUT2D eigenvalue weighted by molar-refractivity contribution is -0.137. The molecule has 2 aromatic heterocycles. The molecule has 0 spiro atoms. The third-order valence-corrected chi connectivity index (χ3v) is 3.89. The summed E-state index contributed by atoms with van der Waals surface area (Å²) >= 11 is 0. The Balaban J connectivity index is 1.85. The lowest BCUT2D eigenvalue weighted by atomic mass is 9.97. The molecule has 0 aliphatic rings. The largest absolute Gasteiger partial charge is 0.416 e. The lowest BCUT2D eigenvalue weighted by Gasteiger charge is -2.11. The summed E-state index contributed by atoms with van der Waals surface area (Å²) in [7, 11) is 0. The maximum atomic E-state index is 13.1. The van der Waals surface area contributed by atoms with Crippen molar-refractivity contribution in [3.63, 3.8) is 0 Å². The molecular formula is C17H11F3N4. The minimum absolute atomic E-state index is 0.359. The van der Waals surface area contributed by atoms with Crippen molar-refractivity contribution in [1.82, 2.24) is 20.4 Å². The summed E-state index contributed by atoms with van der Waals surface area (Å²) in [5, 5.41) is 13.9. The van der Waals surface area contributed by atoms with Crippen LogP contribution in [0.5, 0.6) is 0 Å². The molecule has 0 unspecified atom stereocenters. The first-order chi connectivity index (χ1) is 11.5. The molecule has 0 saturated carbocycles. The number of hydrogen-bond acceptors (Lipinski definition) is 2. The summed E-state index contributed by atoms with van der Waals surface area (Å²) in [6.07, 6.45) is -1.23. The molecule has 2 N–H and O–H groups in total. The van der Waals surface area contributed by atoms with Crippen LogP contribution in [-0.4, -0.2) is 20.4 Å². The zero-order valence-corrected chi connectivity index (χ0v) is 12.2. The number of alkyl halides is 3. The Morgan fingerprint density at radius 2 is 1.58 bits per heavy atom. The minimum Gasteiger partial charge on any atom is -0.278 e. The number of aromatic amines is 2. The third-order valence-electron chi connectivity index (χ3n) is 3.89. The van der Waals surface area contributed by atoms with Crippen molar-refractivity contribution in [2.45, 2.75) is 6.18 Å². The third kappa shape index (κ3) is 2.44. The SMILES string of the molecule is FC(F)(F)c1cc(-c2ccc(-c3ccn[nH]3)cc2)c2cn[nH]c2c1. The Morgan fingerprint density at radius 1 is 0.833 bits per heavy atom. The van der Waals surface area contributed by atoms with Gasteiger partial charge in [-0.3, -0.25) is 10.2 Å². The van der Waals surface area contributed by atoms with Gasteiger partial charge in [-0.25, -0.2) is 0 Å². The number of halogens is 3. The fourth-order valence-corrected chi connectivity index (χ4v) is 2.70. The van der Waals surface area contributed by atoms with E-state index in [4.69, 9.17) is 0 Å². The Kier molecular flexibility index (Phi) is 3.16. The van der Waals surface area contributed by atoms with E-state index in [-0.39, 0.29) is 0 Å². The second kappa shape index (κ2) is 5.23. The lowest BCUT2D eigenvalue weighted by Crippen LogP contribution is -2.05. The van der Waals surface area contributed by atoms with Crippen molar-refractivity contribution in [1.29, 1.82) is 0 Å². The molecule has 4 aromatic rings. The number of H-pyrrole nitrogens is 2. The molecule has 0 aliphatic heterocycles. The average Bonchev–Trinajstić information content (AvgIpc) is 3.24. The van der Waals surface area contributed by atoms with Crippen LogP contribution in [0.4, 0.5) is 13.2 Å². The van der Waals surface area contributed by atoms with Gasteiger partial charge in [-0.2, -0.15) is 23.4 Å². The summed E-state index contributed by atoms with van der Waals surface area (Å²) in [5.74, 6) is 0. The molecule has 2 heterocycles. The Hall–Kier alpha value is -3.09. The molecule has 0 saturated heterocycles. The Bertz CT molecular complexity index is 983. The molecule has 0 fully saturated rings. The fourth-order valence-electron chi connectivity index (χ4n) is 2.70. The number of nitrogens with zero attached hydrogens (tertiary/aromatic N) is 2. The van der Waals surface area contributed by atoms with Gasteiger partial charge >= 0.3 is 6.18 Å². The van der Waals surface area contributed by atoms with Crippen LogP contribution in [0.2, 0.25) is 0 Å². The highest BCUT2D eigenvalue weighted by atomic mass is 19.4. The fraction of sp³-hybridized carbons (Fsp3) is 0.0588. The van der Waals surface area contributed by atoms with Gasteiger partial charge in [-0.1, -0.05) is 24.3 Å². The molecular weight excluding hydrogens is 317 g/mol. The molecule has 4 nitrogen and oxygen atoms in total. The smallest absolute Gasteiger partial charge is 0.278 e. The molecule has 120 valence electrons. The number of hydrogen-bond donors (Lipinski definition) is 2. The summed E-state index contributed by atoms with van der Waals surface area (Å²) < 4.78 is 39.4. The van der Waals surface area contributed by atoms with E-state index in [0.29, 0.717) is 22.0 Å². The van der Waals surface area contributed by atoms with Crippen LogP contribution >= 0.6 is 0 Å². The number of rotatable bonds is 2. The van der Waals surface area contributed by atoms with Gasteiger partial charge in [-0.15, -0.1) is 0 Å². The maximum absolute atomic E-state index is 13.1. The summed E-state index contributed by atoms with van der Waals surface area (Å²) in [5.41, 5.74) is 2.59. The van der Waals surface area contributed by atoms with Gasteiger partial charge in [-0.05, 0) is 34.9 Å². The van der Waals surface area contributed by atoms with E-state index in [9.17, 15) is 13.2 Å². The highest BCUT2D eigenvalue weighted by Gasteiger charge is 2.31. The molecule has 0 aliphatic carbocycles. The van der Waals surface area contributed by atoms with Gasteiger partial charge in [0, 0.05) is 11.6 Å². The second-order valence-electron chi connectivity index (χ2n) is 5.40. The van der Waals surface area contributed by atoms with Crippen LogP contribution in [-0.2, 0) is 6.18 Å². The van der Waals surface area contributed by atoms with E-state index >= 15 is 0 Å². The average molecular weight is 328 g/mol. The first kappa shape index (κ1) is 14.5. The van der Waals surface area contributed by atoms with Crippen molar-refractivity contribution >= 4 is 10.9 Å². The molecule has 0 amide bonds. The van der Waals surface area contributed by atoms with E-state index in [0.717, 1.165) is 23.4 Å². The van der Waals surface area contributed by atoms with Crippen LogP contribution in [0, 0.1) is 0 Å². The maximum Gasteiger partial charge on any atom is 0.416 e. The number of nitrogens with one attached hydrogen (secondary N) is 2. The molecule has 0 bridgehead atoms. The Labute approximate surface area is 134 Å². The van der Waals surface area contributed by atoms with Crippen molar-refractivity contribution < 1.29 is 13.2 Å². The van der Waals surface area contributed by atoms with E-state index in [2.05, 4.69) is 20.4 Å². The number of aromatic nitrogens is 4. The van der Waals surface area contributed by atoms with Crippen molar-refractivity contribution in [3.8, 4) is 22.4 Å². The quantitative estimate of drug-likeness (QED) is 0.563. The zero-order valence-electron chi connectivity index (χ0n) is 12.2. The summed E-state index contributed by atoms with van der Waals surface area (Å²) in [6, 6.07) is 11.3. The summed E-state index contributed by atoms with van der Waals surface area (Å²) in [4.78, 5) is 0. The van der Waals surface area contributed by atoms with Gasteiger partial charge < -0.3 is 0 Å². The van der Waals surface area contributed by atoms with Gasteiger partial charge in [0.2, 0.25) is 0 Å². The Morgan fingerprint density at radius 3 is 2.25 bits per heavy atom. The molecule has 24 heavy (non-hydrogen) atoms. The van der Waals surface area contributed by atoms with Crippen molar-refractivity contribution in [2.24, 2.45) is 0 Å². The first-order valence-electron chi connectivity index (χ1n) is 7.17. The van der Waals surface area contributed by atoms with Crippen LogP contribution in [0.3, 0.4) is 0 Å². The molecule has 0 atom stereocenters. The van der Waals surface area contributed by atoms with E-state index in [1.54, 1.807) is 18.3 Å². The number of benzene rings is 2. The van der Waals surface area contributed by atoms with Gasteiger partial charge in [0.25, 0.3) is 0 Å². The van der Waals surface area contributed by atoms with Crippen LogP contribution in [0.1, 0.15) is 5.56 Å². The molecule has 2 aromatic carbocycles. The predicted octanol–water partition coefficient (Wildman–Crippen LogP) is 4.64. The van der Waals surface area contributed by atoms with Crippen molar-refractivity contribution in [3.05, 3.63) is 60.4 Å². The normalized spacial score (nSPS) is 12.0. The minimum atomic E-state index is -4.41. The van der Waals surface area contributed by atoms with E-state index in [1.165, 1.54) is 6.20 Å². The molecule has 0 radical (unpaired) electrons. The van der Waals surface area contributed by atoms with Gasteiger partial charge in [0.1, 0.15) is 0 Å². The van der Waals surface area contributed by atoms with E-state index in [1.807, 2.05) is 18.2 Å². The molecule has 4 rings (SSSR count). The summed E-state index contributed by atoms with van der Waals surface area (Å²) in [6.45, 7) is 0. The monoisotopic (exact) mass is 328 g/mol.